The Morgan fingerprint density at radius 2 is 2.20 bits per heavy atom. The Kier molecular flexibility index (Phi) is 4.86. The van der Waals surface area contributed by atoms with Crippen LogP contribution in [0.15, 0.2) is 22.2 Å². The van der Waals surface area contributed by atoms with Gasteiger partial charge in [0.25, 0.3) is 5.91 Å². The van der Waals surface area contributed by atoms with Gasteiger partial charge in [0.2, 0.25) is 0 Å². The number of amides is 1. The lowest BCUT2D eigenvalue weighted by Gasteiger charge is -2.18. The summed E-state index contributed by atoms with van der Waals surface area (Å²) in [6.45, 7) is 2.50. The molecule has 2 aromatic heterocycles. The van der Waals surface area contributed by atoms with Gasteiger partial charge in [-0.25, -0.2) is 4.98 Å². The van der Waals surface area contributed by atoms with Crippen molar-refractivity contribution in [3.8, 4) is 10.6 Å². The number of rotatable bonds is 6. The van der Waals surface area contributed by atoms with Crippen LogP contribution in [0.3, 0.4) is 0 Å². The number of thiophene rings is 1. The zero-order valence-electron chi connectivity index (χ0n) is 10.9. The van der Waals surface area contributed by atoms with Crippen LogP contribution in [-0.2, 0) is 4.79 Å². The lowest BCUT2D eigenvalue weighted by Crippen LogP contribution is -2.33. The second-order valence-electron chi connectivity index (χ2n) is 4.08. The number of aliphatic carboxylic acids is 1. The lowest BCUT2D eigenvalue weighted by atomic mass is 10.3. The maximum Gasteiger partial charge on any atom is 0.305 e. The van der Waals surface area contributed by atoms with E-state index in [4.69, 9.17) is 5.11 Å². The van der Waals surface area contributed by atoms with Crippen molar-refractivity contribution in [2.75, 3.05) is 13.1 Å². The number of carbonyl (C=O) groups is 2. The molecule has 0 aliphatic rings. The van der Waals surface area contributed by atoms with E-state index >= 15 is 0 Å². The van der Waals surface area contributed by atoms with E-state index in [1.54, 1.807) is 16.7 Å². The minimum atomic E-state index is -0.909. The van der Waals surface area contributed by atoms with Crippen molar-refractivity contribution in [1.82, 2.24) is 9.88 Å². The molecule has 0 aromatic carbocycles. The maximum atomic E-state index is 12.3. The van der Waals surface area contributed by atoms with E-state index in [9.17, 15) is 9.59 Å². The van der Waals surface area contributed by atoms with Gasteiger partial charge in [-0.15, -0.1) is 11.3 Å². The Labute approximate surface area is 124 Å². The predicted molar refractivity (Wildman–Crippen MR) is 79.3 cm³/mol. The molecular weight excluding hydrogens is 296 g/mol. The number of hydrogen-bond donors (Lipinski definition) is 1. The highest BCUT2D eigenvalue weighted by Crippen LogP contribution is 2.26. The first-order chi connectivity index (χ1) is 9.61. The Bertz CT molecular complexity index is 593. The van der Waals surface area contributed by atoms with E-state index in [0.29, 0.717) is 12.2 Å². The molecule has 2 aromatic rings. The van der Waals surface area contributed by atoms with Crippen LogP contribution in [0.2, 0.25) is 0 Å². The summed E-state index contributed by atoms with van der Waals surface area (Å²) >= 11 is 3.00. The standard InChI is InChI=1S/C13H14N2O3S2/c1-2-15(5-3-11(16)17)13(18)10-8-20-12(14-10)9-4-6-19-7-9/h4,6-8H,2-3,5H2,1H3,(H,16,17). The molecule has 106 valence electrons. The van der Waals surface area contributed by atoms with Crippen molar-refractivity contribution in [3.63, 3.8) is 0 Å². The molecule has 0 atom stereocenters. The SMILES string of the molecule is CCN(CCC(=O)O)C(=O)c1csc(-c2ccsc2)n1. The molecule has 0 aliphatic heterocycles. The quantitative estimate of drug-likeness (QED) is 0.890. The smallest absolute Gasteiger partial charge is 0.305 e. The average molecular weight is 310 g/mol. The van der Waals surface area contributed by atoms with Gasteiger partial charge < -0.3 is 10.0 Å². The van der Waals surface area contributed by atoms with Crippen LogP contribution in [0.4, 0.5) is 0 Å². The fourth-order valence-corrected chi connectivity index (χ4v) is 3.19. The summed E-state index contributed by atoms with van der Waals surface area (Å²) in [5.41, 5.74) is 1.39. The van der Waals surface area contributed by atoms with Crippen molar-refractivity contribution < 1.29 is 14.7 Å². The summed E-state index contributed by atoms with van der Waals surface area (Å²) in [6.07, 6.45) is -0.0545. The molecule has 1 amide bonds. The lowest BCUT2D eigenvalue weighted by molar-refractivity contribution is -0.137. The summed E-state index contributed by atoms with van der Waals surface area (Å²) in [6, 6.07) is 1.96. The number of thiazole rings is 1. The van der Waals surface area contributed by atoms with Crippen LogP contribution in [-0.4, -0.2) is 40.0 Å². The molecule has 0 spiro atoms. The van der Waals surface area contributed by atoms with Crippen LogP contribution in [0, 0.1) is 0 Å². The Morgan fingerprint density at radius 1 is 1.40 bits per heavy atom. The zero-order chi connectivity index (χ0) is 14.5. The van der Waals surface area contributed by atoms with E-state index in [0.717, 1.165) is 10.6 Å². The third kappa shape index (κ3) is 3.43. The number of carbonyl (C=O) groups excluding carboxylic acids is 1. The molecule has 7 heteroatoms. The third-order valence-corrected chi connectivity index (χ3v) is 4.33. The van der Waals surface area contributed by atoms with Crippen molar-refractivity contribution in [1.29, 1.82) is 0 Å². The Morgan fingerprint density at radius 3 is 2.80 bits per heavy atom. The highest BCUT2D eigenvalue weighted by atomic mass is 32.1. The van der Waals surface area contributed by atoms with Gasteiger partial charge in [-0.3, -0.25) is 9.59 Å². The third-order valence-electron chi connectivity index (χ3n) is 2.76. The first kappa shape index (κ1) is 14.7. The normalized spacial score (nSPS) is 10.4. The van der Waals surface area contributed by atoms with Gasteiger partial charge in [0.05, 0.1) is 6.42 Å². The first-order valence-electron chi connectivity index (χ1n) is 6.11. The minimum Gasteiger partial charge on any atom is -0.481 e. The molecule has 1 N–H and O–H groups in total. The zero-order valence-corrected chi connectivity index (χ0v) is 12.5. The molecule has 0 fully saturated rings. The van der Waals surface area contributed by atoms with Crippen LogP contribution < -0.4 is 0 Å². The second kappa shape index (κ2) is 6.62. The molecule has 0 unspecified atom stereocenters. The van der Waals surface area contributed by atoms with E-state index in [2.05, 4.69) is 4.98 Å². The molecule has 20 heavy (non-hydrogen) atoms. The first-order valence-corrected chi connectivity index (χ1v) is 7.93. The molecule has 2 rings (SSSR count). The summed E-state index contributed by atoms with van der Waals surface area (Å²) in [5, 5.41) is 15.2. The van der Waals surface area contributed by atoms with E-state index in [-0.39, 0.29) is 18.9 Å². The van der Waals surface area contributed by atoms with E-state index in [1.807, 2.05) is 23.8 Å². The summed E-state index contributed by atoms with van der Waals surface area (Å²) in [7, 11) is 0. The van der Waals surface area contributed by atoms with Crippen molar-refractivity contribution in [2.45, 2.75) is 13.3 Å². The van der Waals surface area contributed by atoms with Gasteiger partial charge >= 0.3 is 5.97 Å². The van der Waals surface area contributed by atoms with Gasteiger partial charge in [-0.05, 0) is 18.4 Å². The van der Waals surface area contributed by atoms with Crippen molar-refractivity contribution in [2.24, 2.45) is 0 Å². The number of carboxylic acids is 1. The molecule has 5 nitrogen and oxygen atoms in total. The number of carboxylic acid groups (broad SMARTS) is 1. The molecule has 0 saturated heterocycles. The van der Waals surface area contributed by atoms with Crippen molar-refractivity contribution >= 4 is 34.6 Å². The fraction of sp³-hybridized carbons (Fsp3) is 0.308. The Hall–Kier alpha value is -1.73. The van der Waals surface area contributed by atoms with Crippen LogP contribution in [0.5, 0.6) is 0 Å². The van der Waals surface area contributed by atoms with Gasteiger partial charge in [0, 0.05) is 29.4 Å². The molecule has 2 heterocycles. The van der Waals surface area contributed by atoms with Gasteiger partial charge in [0.1, 0.15) is 10.7 Å². The Balaban J connectivity index is 2.10. The average Bonchev–Trinajstić information content (AvgIpc) is 3.09. The summed E-state index contributed by atoms with van der Waals surface area (Å²) < 4.78 is 0. The summed E-state index contributed by atoms with van der Waals surface area (Å²) in [4.78, 5) is 28.7. The molecule has 0 radical (unpaired) electrons. The minimum absolute atomic E-state index is 0.0545. The number of nitrogens with zero attached hydrogens (tertiary/aromatic N) is 2. The monoisotopic (exact) mass is 310 g/mol. The van der Waals surface area contributed by atoms with Gasteiger partial charge in [-0.2, -0.15) is 11.3 Å². The van der Waals surface area contributed by atoms with Crippen LogP contribution in [0.25, 0.3) is 10.6 Å². The molecule has 0 aliphatic carbocycles. The second-order valence-corrected chi connectivity index (χ2v) is 5.72. The van der Waals surface area contributed by atoms with E-state index < -0.39 is 5.97 Å². The van der Waals surface area contributed by atoms with Gasteiger partial charge in [-0.1, -0.05) is 0 Å². The topological polar surface area (TPSA) is 70.5 Å². The largest absolute Gasteiger partial charge is 0.481 e. The highest BCUT2D eigenvalue weighted by molar-refractivity contribution is 7.14. The molecular formula is C13H14N2O3S2. The van der Waals surface area contributed by atoms with Gasteiger partial charge in [0.15, 0.2) is 0 Å². The molecule has 0 bridgehead atoms. The summed E-state index contributed by atoms with van der Waals surface area (Å²) in [5.74, 6) is -1.13. The van der Waals surface area contributed by atoms with Crippen LogP contribution in [0.1, 0.15) is 23.8 Å². The van der Waals surface area contributed by atoms with Crippen LogP contribution >= 0.6 is 22.7 Å². The fourth-order valence-electron chi connectivity index (χ4n) is 1.69. The van der Waals surface area contributed by atoms with E-state index in [1.165, 1.54) is 16.2 Å². The molecule has 0 saturated carbocycles. The highest BCUT2D eigenvalue weighted by Gasteiger charge is 2.18. The van der Waals surface area contributed by atoms with Crippen molar-refractivity contribution in [3.05, 3.63) is 27.9 Å². The predicted octanol–water partition coefficient (Wildman–Crippen LogP) is 2.81. The number of aromatic nitrogens is 1. The number of hydrogen-bond acceptors (Lipinski definition) is 5. The maximum absolute atomic E-state index is 12.3.